The molecule has 0 aliphatic rings. The Hall–Kier alpha value is -0.720. The Kier molecular flexibility index (Phi) is 5.13. The molecule has 0 saturated heterocycles. The summed E-state index contributed by atoms with van der Waals surface area (Å²) in [5.74, 6) is 2.37. The molecule has 0 fully saturated rings. The van der Waals surface area contributed by atoms with Crippen LogP contribution in [0.25, 0.3) is 10.7 Å². The van der Waals surface area contributed by atoms with E-state index < -0.39 is 0 Å². The topological polar surface area (TPSA) is 64.9 Å². The summed E-state index contributed by atoms with van der Waals surface area (Å²) in [6.45, 7) is 5.05. The van der Waals surface area contributed by atoms with Crippen molar-refractivity contribution in [1.82, 2.24) is 10.1 Å². The van der Waals surface area contributed by atoms with Crippen molar-refractivity contribution < 1.29 is 4.52 Å². The molecule has 0 amide bonds. The van der Waals surface area contributed by atoms with Gasteiger partial charge in [0.2, 0.25) is 11.7 Å². The van der Waals surface area contributed by atoms with Crippen LogP contribution >= 0.6 is 27.3 Å². The Bertz CT molecular complexity index is 523. The standard InChI is InChI=1S/C13H18BrN3OS/c1-8(2)3-9(6-15)4-12-16-13(17-18-12)11-5-10(14)7-19-11/h5,7-9H,3-4,6,15H2,1-2H3/t9-/m0/s1. The van der Waals surface area contributed by atoms with Gasteiger partial charge in [-0.25, -0.2) is 0 Å². The molecule has 2 heterocycles. The van der Waals surface area contributed by atoms with Gasteiger partial charge in [-0.1, -0.05) is 19.0 Å². The van der Waals surface area contributed by atoms with Crippen LogP contribution < -0.4 is 5.73 Å². The van der Waals surface area contributed by atoms with Crippen LogP contribution in [0.15, 0.2) is 20.4 Å². The molecule has 0 aliphatic heterocycles. The first kappa shape index (κ1) is 14.7. The third-order valence-electron chi connectivity index (χ3n) is 2.86. The molecule has 104 valence electrons. The zero-order chi connectivity index (χ0) is 13.8. The normalized spacial score (nSPS) is 13.1. The minimum absolute atomic E-state index is 0.406. The molecule has 0 aromatic carbocycles. The molecule has 0 radical (unpaired) electrons. The van der Waals surface area contributed by atoms with Crippen molar-refractivity contribution in [3.8, 4) is 10.7 Å². The monoisotopic (exact) mass is 343 g/mol. The van der Waals surface area contributed by atoms with Gasteiger partial charge in [0.15, 0.2) is 0 Å². The average molecular weight is 344 g/mol. The Morgan fingerprint density at radius 3 is 2.84 bits per heavy atom. The van der Waals surface area contributed by atoms with Gasteiger partial charge < -0.3 is 10.3 Å². The quantitative estimate of drug-likeness (QED) is 0.867. The molecule has 2 aromatic heterocycles. The smallest absolute Gasteiger partial charge is 0.227 e. The van der Waals surface area contributed by atoms with E-state index in [1.165, 1.54) is 0 Å². The molecule has 0 bridgehead atoms. The minimum Gasteiger partial charge on any atom is -0.339 e. The van der Waals surface area contributed by atoms with Crippen LogP contribution in [-0.2, 0) is 6.42 Å². The number of hydrogen-bond donors (Lipinski definition) is 1. The minimum atomic E-state index is 0.406. The highest BCUT2D eigenvalue weighted by atomic mass is 79.9. The molecule has 0 spiro atoms. The lowest BCUT2D eigenvalue weighted by molar-refractivity contribution is 0.332. The summed E-state index contributed by atoms with van der Waals surface area (Å²) in [6.07, 6.45) is 1.84. The second-order valence-electron chi connectivity index (χ2n) is 5.08. The van der Waals surface area contributed by atoms with Gasteiger partial charge >= 0.3 is 0 Å². The molecule has 1 atom stereocenters. The highest BCUT2D eigenvalue weighted by Gasteiger charge is 2.16. The summed E-state index contributed by atoms with van der Waals surface area (Å²) in [4.78, 5) is 5.45. The van der Waals surface area contributed by atoms with E-state index in [1.54, 1.807) is 11.3 Å². The van der Waals surface area contributed by atoms with Crippen LogP contribution in [0.3, 0.4) is 0 Å². The Morgan fingerprint density at radius 1 is 1.47 bits per heavy atom. The molecule has 0 saturated carbocycles. The van der Waals surface area contributed by atoms with Crippen LogP contribution in [0, 0.1) is 11.8 Å². The van der Waals surface area contributed by atoms with Crippen molar-refractivity contribution in [3.63, 3.8) is 0 Å². The second kappa shape index (κ2) is 6.63. The summed E-state index contributed by atoms with van der Waals surface area (Å²) >= 11 is 5.02. The van der Waals surface area contributed by atoms with Crippen LogP contribution in [0.4, 0.5) is 0 Å². The zero-order valence-electron chi connectivity index (χ0n) is 11.1. The molecule has 4 nitrogen and oxygen atoms in total. The predicted octanol–water partition coefficient (Wildman–Crippen LogP) is 3.72. The van der Waals surface area contributed by atoms with Gasteiger partial charge in [0.1, 0.15) is 0 Å². The number of aromatic nitrogens is 2. The van der Waals surface area contributed by atoms with Crippen molar-refractivity contribution >= 4 is 27.3 Å². The van der Waals surface area contributed by atoms with Crippen molar-refractivity contribution in [3.05, 3.63) is 21.8 Å². The Balaban J connectivity index is 2.04. The summed E-state index contributed by atoms with van der Waals surface area (Å²) in [5, 5.41) is 6.04. The van der Waals surface area contributed by atoms with Crippen LogP contribution in [-0.4, -0.2) is 16.7 Å². The Morgan fingerprint density at radius 2 is 2.26 bits per heavy atom. The lowest BCUT2D eigenvalue weighted by atomic mass is 9.94. The van der Waals surface area contributed by atoms with E-state index in [9.17, 15) is 0 Å². The van der Waals surface area contributed by atoms with Gasteiger partial charge in [-0.2, -0.15) is 4.98 Å². The summed E-state index contributed by atoms with van der Waals surface area (Å²) in [7, 11) is 0. The lowest BCUT2D eigenvalue weighted by Crippen LogP contribution is -2.19. The van der Waals surface area contributed by atoms with Gasteiger partial charge in [0.05, 0.1) is 4.88 Å². The molecule has 6 heteroatoms. The molecule has 0 unspecified atom stereocenters. The first-order chi connectivity index (χ1) is 9.08. The van der Waals surface area contributed by atoms with Crippen LogP contribution in [0.1, 0.15) is 26.2 Å². The largest absolute Gasteiger partial charge is 0.339 e. The van der Waals surface area contributed by atoms with E-state index >= 15 is 0 Å². The highest BCUT2D eigenvalue weighted by Crippen LogP contribution is 2.28. The number of thiophene rings is 1. The first-order valence-corrected chi connectivity index (χ1v) is 8.02. The number of nitrogens with zero attached hydrogens (tertiary/aromatic N) is 2. The van der Waals surface area contributed by atoms with Gasteiger partial charge in [-0.05, 0) is 46.8 Å². The maximum atomic E-state index is 5.80. The highest BCUT2D eigenvalue weighted by molar-refractivity contribution is 9.10. The van der Waals surface area contributed by atoms with Crippen molar-refractivity contribution in [1.29, 1.82) is 0 Å². The van der Waals surface area contributed by atoms with Crippen molar-refractivity contribution in [2.75, 3.05) is 6.54 Å². The molecule has 0 aliphatic carbocycles. The van der Waals surface area contributed by atoms with Gasteiger partial charge in [-0.3, -0.25) is 0 Å². The lowest BCUT2D eigenvalue weighted by Gasteiger charge is -2.14. The molecule has 19 heavy (non-hydrogen) atoms. The van der Waals surface area contributed by atoms with Crippen LogP contribution in [0.5, 0.6) is 0 Å². The SMILES string of the molecule is CC(C)C[C@H](CN)Cc1nc(-c2cc(Br)cs2)no1. The molecule has 2 aromatic rings. The third-order valence-corrected chi connectivity index (χ3v) is 4.54. The van der Waals surface area contributed by atoms with Crippen molar-refractivity contribution in [2.24, 2.45) is 17.6 Å². The summed E-state index contributed by atoms with van der Waals surface area (Å²) < 4.78 is 6.36. The van der Waals surface area contributed by atoms with E-state index in [0.717, 1.165) is 22.2 Å². The van der Waals surface area contributed by atoms with Gasteiger partial charge in [0, 0.05) is 16.3 Å². The summed E-state index contributed by atoms with van der Waals surface area (Å²) in [5.41, 5.74) is 5.80. The van der Waals surface area contributed by atoms with E-state index in [4.69, 9.17) is 10.3 Å². The number of hydrogen-bond acceptors (Lipinski definition) is 5. The molecular formula is C13H18BrN3OS. The van der Waals surface area contributed by atoms with Gasteiger partial charge in [0.25, 0.3) is 0 Å². The van der Waals surface area contributed by atoms with Gasteiger partial charge in [-0.15, -0.1) is 11.3 Å². The number of halogens is 1. The van der Waals surface area contributed by atoms with E-state index in [0.29, 0.717) is 30.1 Å². The predicted molar refractivity (Wildman–Crippen MR) is 81.0 cm³/mol. The first-order valence-electron chi connectivity index (χ1n) is 6.35. The average Bonchev–Trinajstić information content (AvgIpc) is 2.96. The second-order valence-corrected chi connectivity index (χ2v) is 6.90. The fraction of sp³-hybridized carbons (Fsp3) is 0.538. The van der Waals surface area contributed by atoms with E-state index in [1.807, 2.05) is 11.4 Å². The zero-order valence-corrected chi connectivity index (χ0v) is 13.5. The third kappa shape index (κ3) is 4.12. The Labute approximate surface area is 125 Å². The number of rotatable bonds is 6. The maximum absolute atomic E-state index is 5.80. The van der Waals surface area contributed by atoms with E-state index in [-0.39, 0.29) is 0 Å². The van der Waals surface area contributed by atoms with Crippen LogP contribution in [0.2, 0.25) is 0 Å². The fourth-order valence-corrected chi connectivity index (χ4v) is 3.40. The van der Waals surface area contributed by atoms with Crippen molar-refractivity contribution in [2.45, 2.75) is 26.7 Å². The molecular weight excluding hydrogens is 326 g/mol. The number of nitrogens with two attached hydrogens (primary N) is 1. The van der Waals surface area contributed by atoms with E-state index in [2.05, 4.69) is 39.9 Å². The summed E-state index contributed by atoms with van der Waals surface area (Å²) in [6, 6.07) is 1.99. The molecule has 2 N–H and O–H groups in total. The molecule has 2 rings (SSSR count). The maximum Gasteiger partial charge on any atom is 0.227 e. The fourth-order valence-electron chi connectivity index (χ4n) is 2.04.